The van der Waals surface area contributed by atoms with Crippen molar-refractivity contribution in [3.63, 3.8) is 0 Å². The van der Waals surface area contributed by atoms with E-state index in [1.54, 1.807) is 26.4 Å². The number of nitrogens with zero attached hydrogens (tertiary/aromatic N) is 2. The van der Waals surface area contributed by atoms with Crippen LogP contribution in [0.5, 0.6) is 0 Å². The molecule has 0 spiro atoms. The van der Waals surface area contributed by atoms with Crippen LogP contribution in [0.2, 0.25) is 0 Å². The Labute approximate surface area is 184 Å². The number of hydrogen-bond acceptors (Lipinski definition) is 5. The number of amides is 2. The topological polar surface area (TPSA) is 59.1 Å². The highest BCUT2D eigenvalue weighted by Crippen LogP contribution is 2.35. The number of hydrogen-bond donors (Lipinski definition) is 0. The lowest BCUT2D eigenvalue weighted by Gasteiger charge is -2.30. The molecule has 0 radical (unpaired) electrons. The van der Waals surface area contributed by atoms with Gasteiger partial charge >= 0.3 is 0 Å². The van der Waals surface area contributed by atoms with Crippen molar-refractivity contribution in [3.8, 4) is 0 Å². The van der Waals surface area contributed by atoms with Gasteiger partial charge in [0, 0.05) is 33.4 Å². The second-order valence-corrected chi connectivity index (χ2v) is 8.18. The maximum atomic E-state index is 13.7. The van der Waals surface area contributed by atoms with Crippen LogP contribution in [0.1, 0.15) is 50.5 Å². The average Bonchev–Trinajstić information content (AvgIpc) is 2.99. The molecule has 1 fully saturated rings. The predicted octanol–water partition coefficient (Wildman–Crippen LogP) is 3.61. The molecule has 0 unspecified atom stereocenters. The molecule has 0 aromatic heterocycles. The van der Waals surface area contributed by atoms with Crippen LogP contribution in [-0.2, 0) is 19.1 Å². The first-order chi connectivity index (χ1) is 15.1. The van der Waals surface area contributed by atoms with E-state index >= 15 is 0 Å². The molecular formula is C24H33FN2O4. The van der Waals surface area contributed by atoms with Crippen molar-refractivity contribution in [1.29, 1.82) is 0 Å². The number of rotatable bonds is 9. The summed E-state index contributed by atoms with van der Waals surface area (Å²) in [6, 6.07) is 5.69. The maximum absolute atomic E-state index is 13.7. The zero-order valence-corrected chi connectivity index (χ0v) is 18.6. The van der Waals surface area contributed by atoms with Crippen LogP contribution in [0.15, 0.2) is 30.0 Å². The number of carbonyl (C=O) groups is 2. The smallest absolute Gasteiger partial charge is 0.278 e. The third-order valence-corrected chi connectivity index (χ3v) is 6.11. The monoisotopic (exact) mass is 432 g/mol. The molecule has 2 amide bonds. The van der Waals surface area contributed by atoms with E-state index in [1.807, 2.05) is 4.90 Å². The van der Waals surface area contributed by atoms with Crippen LogP contribution in [0.4, 0.5) is 4.39 Å². The fraction of sp³-hybridized carbons (Fsp3) is 0.583. The quantitative estimate of drug-likeness (QED) is 0.558. The van der Waals surface area contributed by atoms with Gasteiger partial charge in [-0.1, -0.05) is 44.2 Å². The minimum absolute atomic E-state index is 0.0973. The molecule has 2 aliphatic rings. The van der Waals surface area contributed by atoms with Crippen LogP contribution >= 0.6 is 0 Å². The molecule has 1 saturated carbocycles. The maximum Gasteiger partial charge on any atom is 0.278 e. The van der Waals surface area contributed by atoms with Crippen molar-refractivity contribution in [2.24, 2.45) is 0 Å². The number of benzene rings is 1. The van der Waals surface area contributed by atoms with Gasteiger partial charge < -0.3 is 14.4 Å². The third-order valence-electron chi connectivity index (χ3n) is 6.11. The largest absolute Gasteiger partial charge is 0.383 e. The molecule has 1 aromatic rings. The molecule has 1 heterocycles. The highest BCUT2D eigenvalue weighted by atomic mass is 19.1. The average molecular weight is 433 g/mol. The van der Waals surface area contributed by atoms with Crippen molar-refractivity contribution >= 4 is 17.4 Å². The second-order valence-electron chi connectivity index (χ2n) is 8.18. The van der Waals surface area contributed by atoms with Gasteiger partial charge in [0.05, 0.1) is 18.8 Å². The molecule has 0 bridgehead atoms. The molecule has 6 nitrogen and oxygen atoms in total. The lowest BCUT2D eigenvalue weighted by atomic mass is 9.95. The molecule has 1 aliphatic carbocycles. The predicted molar refractivity (Wildman–Crippen MR) is 117 cm³/mol. The van der Waals surface area contributed by atoms with E-state index in [0.29, 0.717) is 43.1 Å². The number of methoxy groups -OCH3 is 2. The molecule has 31 heavy (non-hydrogen) atoms. The zero-order chi connectivity index (χ0) is 22.2. The standard InChI is InChI=1S/C24H33FN2O4/c1-30-16-14-26(15-17-31-2)22-21(18-10-12-19(25)13-11-18)23(28)27(24(22)29)20-8-6-4-3-5-7-9-20/h10-13,20H,3-9,14-17H2,1-2H3. The van der Waals surface area contributed by atoms with Crippen LogP contribution in [0, 0.1) is 5.82 Å². The normalized spacial score (nSPS) is 18.5. The SMILES string of the molecule is COCCN(CCOC)C1=C(c2ccc(F)cc2)C(=O)N(C2CCCCCCC2)C1=O. The summed E-state index contributed by atoms with van der Waals surface area (Å²) in [5.41, 5.74) is 1.27. The summed E-state index contributed by atoms with van der Waals surface area (Å²) in [6.45, 7) is 1.73. The summed E-state index contributed by atoms with van der Waals surface area (Å²) in [4.78, 5) is 30.6. The van der Waals surface area contributed by atoms with Crippen molar-refractivity contribution in [2.75, 3.05) is 40.5 Å². The number of ether oxygens (including phenoxy) is 2. The molecule has 0 atom stereocenters. The van der Waals surface area contributed by atoms with Crippen LogP contribution in [0.3, 0.4) is 0 Å². The van der Waals surface area contributed by atoms with E-state index in [1.165, 1.54) is 23.5 Å². The summed E-state index contributed by atoms with van der Waals surface area (Å²) in [6.07, 6.45) is 7.16. The van der Waals surface area contributed by atoms with E-state index in [9.17, 15) is 14.0 Å². The number of carbonyl (C=O) groups excluding carboxylic acids is 2. The van der Waals surface area contributed by atoms with Crippen molar-refractivity contribution in [1.82, 2.24) is 9.80 Å². The van der Waals surface area contributed by atoms with E-state index in [0.717, 1.165) is 38.5 Å². The minimum atomic E-state index is -0.379. The zero-order valence-electron chi connectivity index (χ0n) is 18.6. The molecule has 7 heteroatoms. The first-order valence-corrected chi connectivity index (χ1v) is 11.2. The van der Waals surface area contributed by atoms with E-state index in [4.69, 9.17) is 9.47 Å². The van der Waals surface area contributed by atoms with Crippen molar-refractivity contribution in [3.05, 3.63) is 41.3 Å². The second kappa shape index (κ2) is 11.4. The minimum Gasteiger partial charge on any atom is -0.383 e. The first-order valence-electron chi connectivity index (χ1n) is 11.2. The summed E-state index contributed by atoms with van der Waals surface area (Å²) in [5, 5.41) is 0. The lowest BCUT2D eigenvalue weighted by Crippen LogP contribution is -2.43. The Hall–Kier alpha value is -2.25. The summed E-state index contributed by atoms with van der Waals surface area (Å²) < 4.78 is 24.0. The Balaban J connectivity index is 2.01. The first kappa shape index (κ1) is 23.4. The Morgan fingerprint density at radius 1 is 0.903 bits per heavy atom. The van der Waals surface area contributed by atoms with Gasteiger partial charge in [0.1, 0.15) is 11.5 Å². The van der Waals surface area contributed by atoms with Gasteiger partial charge in [-0.3, -0.25) is 14.5 Å². The molecule has 0 saturated heterocycles. The van der Waals surface area contributed by atoms with Gasteiger partial charge in [0.2, 0.25) is 0 Å². The highest BCUT2D eigenvalue weighted by Gasteiger charge is 2.44. The molecule has 170 valence electrons. The van der Waals surface area contributed by atoms with Crippen molar-refractivity contribution in [2.45, 2.75) is 51.0 Å². The van der Waals surface area contributed by atoms with Crippen LogP contribution < -0.4 is 0 Å². The van der Waals surface area contributed by atoms with Crippen LogP contribution in [-0.4, -0.2) is 68.2 Å². The summed E-state index contributed by atoms with van der Waals surface area (Å²) in [7, 11) is 3.21. The van der Waals surface area contributed by atoms with Crippen molar-refractivity contribution < 1.29 is 23.5 Å². The van der Waals surface area contributed by atoms with E-state index in [-0.39, 0.29) is 23.7 Å². The van der Waals surface area contributed by atoms with Gasteiger partial charge in [0.15, 0.2) is 0 Å². The molecule has 1 aliphatic heterocycles. The fourth-order valence-corrected chi connectivity index (χ4v) is 4.47. The summed E-state index contributed by atoms with van der Waals surface area (Å²) in [5.74, 6) is -0.922. The van der Waals surface area contributed by atoms with E-state index < -0.39 is 0 Å². The number of imide groups is 1. The van der Waals surface area contributed by atoms with Gasteiger partial charge in [-0.25, -0.2) is 4.39 Å². The van der Waals surface area contributed by atoms with Gasteiger partial charge in [-0.05, 0) is 30.5 Å². The molecule has 1 aromatic carbocycles. The fourth-order valence-electron chi connectivity index (χ4n) is 4.47. The Morgan fingerprint density at radius 3 is 2.00 bits per heavy atom. The highest BCUT2D eigenvalue weighted by molar-refractivity contribution is 6.35. The van der Waals surface area contributed by atoms with Gasteiger partial charge in [-0.2, -0.15) is 0 Å². The summed E-state index contributed by atoms with van der Waals surface area (Å²) >= 11 is 0. The number of halogens is 1. The van der Waals surface area contributed by atoms with Gasteiger partial charge in [-0.15, -0.1) is 0 Å². The lowest BCUT2D eigenvalue weighted by molar-refractivity contribution is -0.140. The van der Waals surface area contributed by atoms with E-state index in [2.05, 4.69) is 0 Å². The van der Waals surface area contributed by atoms with Crippen LogP contribution in [0.25, 0.3) is 5.57 Å². The Kier molecular flexibility index (Phi) is 8.60. The Morgan fingerprint density at radius 2 is 1.45 bits per heavy atom. The Bertz CT molecular complexity index is 777. The van der Waals surface area contributed by atoms with Gasteiger partial charge in [0.25, 0.3) is 11.8 Å². The molecule has 3 rings (SSSR count). The molecule has 0 N–H and O–H groups in total. The third kappa shape index (κ3) is 5.52. The molecular weight excluding hydrogens is 399 g/mol.